The third-order valence-corrected chi connectivity index (χ3v) is 4.52. The van der Waals surface area contributed by atoms with Crippen LogP contribution in [0.1, 0.15) is 17.4 Å². The van der Waals surface area contributed by atoms with E-state index in [0.29, 0.717) is 18.8 Å². The zero-order chi connectivity index (χ0) is 19.0. The van der Waals surface area contributed by atoms with E-state index in [4.69, 9.17) is 4.74 Å². The van der Waals surface area contributed by atoms with Crippen molar-refractivity contribution in [3.8, 4) is 5.69 Å². The highest BCUT2D eigenvalue weighted by Gasteiger charge is 2.31. The number of rotatable bonds is 3. The third kappa shape index (κ3) is 3.55. The van der Waals surface area contributed by atoms with Crippen LogP contribution in [0.3, 0.4) is 0 Å². The molecular formula is C20H16F4N2O. The van der Waals surface area contributed by atoms with Gasteiger partial charge < -0.3 is 14.2 Å². The first-order valence-electron chi connectivity index (χ1n) is 8.41. The first kappa shape index (κ1) is 17.6. The van der Waals surface area contributed by atoms with Gasteiger partial charge >= 0.3 is 6.18 Å². The minimum absolute atomic E-state index is 0.314. The molecule has 2 aromatic carbocycles. The molecule has 4 rings (SSSR count). The number of alkyl halides is 3. The fraction of sp³-hybridized carbons (Fsp3) is 0.200. The lowest BCUT2D eigenvalue weighted by molar-refractivity contribution is -0.137. The second kappa shape index (κ2) is 6.74. The number of benzene rings is 2. The fourth-order valence-electron chi connectivity index (χ4n) is 3.21. The largest absolute Gasteiger partial charge is 0.416 e. The molecular weight excluding hydrogens is 360 g/mol. The van der Waals surface area contributed by atoms with Crippen LogP contribution in [0.5, 0.6) is 0 Å². The van der Waals surface area contributed by atoms with Crippen LogP contribution in [-0.2, 0) is 10.9 Å². The number of halogens is 4. The molecule has 1 aromatic heterocycles. The van der Waals surface area contributed by atoms with Crippen LogP contribution < -0.4 is 4.90 Å². The lowest BCUT2D eigenvalue weighted by Crippen LogP contribution is -2.22. The van der Waals surface area contributed by atoms with Gasteiger partial charge in [0.2, 0.25) is 0 Å². The molecule has 140 valence electrons. The van der Waals surface area contributed by atoms with Crippen molar-refractivity contribution in [3.63, 3.8) is 0 Å². The average molecular weight is 376 g/mol. The molecule has 0 amide bonds. The number of hydrogen-bond acceptors (Lipinski definition) is 2. The van der Waals surface area contributed by atoms with Crippen molar-refractivity contribution >= 4 is 5.69 Å². The summed E-state index contributed by atoms with van der Waals surface area (Å²) in [5.41, 5.74) is 1.36. The van der Waals surface area contributed by atoms with E-state index in [1.54, 1.807) is 35.2 Å². The van der Waals surface area contributed by atoms with Crippen molar-refractivity contribution in [1.82, 2.24) is 4.57 Å². The van der Waals surface area contributed by atoms with Gasteiger partial charge in [-0.05, 0) is 48.5 Å². The van der Waals surface area contributed by atoms with E-state index in [1.165, 1.54) is 18.2 Å². The Labute approximate surface area is 153 Å². The Morgan fingerprint density at radius 1 is 0.963 bits per heavy atom. The summed E-state index contributed by atoms with van der Waals surface area (Å²) in [7, 11) is 0. The van der Waals surface area contributed by atoms with E-state index in [1.807, 2.05) is 11.0 Å². The first-order valence-corrected chi connectivity index (χ1v) is 8.41. The van der Waals surface area contributed by atoms with Crippen LogP contribution in [0.15, 0.2) is 67.0 Å². The van der Waals surface area contributed by atoms with Gasteiger partial charge in [-0.1, -0.05) is 6.07 Å². The molecule has 0 bridgehead atoms. The normalized spacial score (nSPS) is 17.5. The molecule has 1 fully saturated rings. The molecule has 0 aliphatic carbocycles. The Bertz CT molecular complexity index is 934. The smallest absolute Gasteiger partial charge is 0.352 e. The summed E-state index contributed by atoms with van der Waals surface area (Å²) in [6.07, 6.45) is -1.31. The maximum atomic E-state index is 13.2. The molecule has 0 saturated carbocycles. The summed E-state index contributed by atoms with van der Waals surface area (Å²) < 4.78 is 59.4. The molecule has 1 saturated heterocycles. The molecule has 27 heavy (non-hydrogen) atoms. The van der Waals surface area contributed by atoms with E-state index in [2.05, 4.69) is 0 Å². The molecule has 2 heterocycles. The zero-order valence-electron chi connectivity index (χ0n) is 14.2. The first-order chi connectivity index (χ1) is 12.9. The van der Waals surface area contributed by atoms with Crippen LogP contribution in [-0.4, -0.2) is 17.7 Å². The topological polar surface area (TPSA) is 17.4 Å². The summed E-state index contributed by atoms with van der Waals surface area (Å²) >= 11 is 0. The van der Waals surface area contributed by atoms with Gasteiger partial charge in [-0.15, -0.1) is 0 Å². The Kier molecular flexibility index (Phi) is 4.39. The van der Waals surface area contributed by atoms with Crippen molar-refractivity contribution in [2.75, 3.05) is 18.1 Å². The lowest BCUT2D eigenvalue weighted by Gasteiger charge is -2.24. The van der Waals surface area contributed by atoms with E-state index in [9.17, 15) is 17.6 Å². The van der Waals surface area contributed by atoms with E-state index >= 15 is 0 Å². The molecule has 3 nitrogen and oxygen atoms in total. The average Bonchev–Trinajstić information content (AvgIpc) is 3.31. The number of anilines is 1. The zero-order valence-corrected chi connectivity index (χ0v) is 14.2. The van der Waals surface area contributed by atoms with Crippen molar-refractivity contribution < 1.29 is 22.3 Å². The number of aromatic nitrogens is 1. The quantitative estimate of drug-likeness (QED) is 0.587. The highest BCUT2D eigenvalue weighted by Crippen LogP contribution is 2.34. The Hall–Kier alpha value is -2.80. The monoisotopic (exact) mass is 376 g/mol. The molecule has 1 aliphatic heterocycles. The van der Waals surface area contributed by atoms with Gasteiger partial charge in [-0.25, -0.2) is 4.39 Å². The van der Waals surface area contributed by atoms with Gasteiger partial charge in [0, 0.05) is 35.9 Å². The number of nitrogens with zero attached hydrogens (tertiary/aromatic N) is 2. The number of ether oxygens (including phenoxy) is 1. The molecule has 0 spiro atoms. The highest BCUT2D eigenvalue weighted by molar-refractivity contribution is 5.49. The van der Waals surface area contributed by atoms with Gasteiger partial charge in [-0.2, -0.15) is 13.2 Å². The van der Waals surface area contributed by atoms with Crippen LogP contribution in [0.25, 0.3) is 5.69 Å². The summed E-state index contributed by atoms with van der Waals surface area (Å²) in [6.45, 7) is 1.15. The van der Waals surface area contributed by atoms with Crippen LogP contribution in [0.4, 0.5) is 23.2 Å². The SMILES string of the molecule is Fc1ccc(N2CCO[C@H]2c2ccn(-c3cccc(C(F)(F)F)c3)c2)cc1. The molecule has 0 N–H and O–H groups in total. The standard InChI is InChI=1S/C20H16F4N2O/c21-16-4-6-17(7-5-16)26-10-11-27-19(26)14-8-9-25(13-14)18-3-1-2-15(12-18)20(22,23)24/h1-9,12-13,19H,10-11H2/t19-/m0/s1. The fourth-order valence-corrected chi connectivity index (χ4v) is 3.21. The van der Waals surface area contributed by atoms with Gasteiger partial charge in [0.15, 0.2) is 6.23 Å². The predicted molar refractivity (Wildman–Crippen MR) is 93.2 cm³/mol. The third-order valence-electron chi connectivity index (χ3n) is 4.52. The van der Waals surface area contributed by atoms with E-state index in [-0.39, 0.29) is 12.0 Å². The lowest BCUT2D eigenvalue weighted by atomic mass is 10.2. The maximum Gasteiger partial charge on any atom is 0.416 e. The predicted octanol–water partition coefficient (Wildman–Crippen LogP) is 5.17. The maximum absolute atomic E-state index is 13.2. The minimum Gasteiger partial charge on any atom is -0.352 e. The Balaban J connectivity index is 1.61. The van der Waals surface area contributed by atoms with Crippen LogP contribution in [0, 0.1) is 5.82 Å². The minimum atomic E-state index is -4.39. The molecule has 0 unspecified atom stereocenters. The molecule has 1 atom stereocenters. The van der Waals surface area contributed by atoms with Crippen molar-refractivity contribution in [2.24, 2.45) is 0 Å². The van der Waals surface area contributed by atoms with Crippen LogP contribution in [0.2, 0.25) is 0 Å². The Morgan fingerprint density at radius 2 is 1.74 bits per heavy atom. The van der Waals surface area contributed by atoms with Gasteiger partial charge in [0.25, 0.3) is 0 Å². The summed E-state index contributed by atoms with van der Waals surface area (Å²) in [5, 5.41) is 0. The summed E-state index contributed by atoms with van der Waals surface area (Å²) in [4.78, 5) is 1.99. The van der Waals surface area contributed by atoms with Gasteiger partial charge in [0.1, 0.15) is 5.82 Å². The Morgan fingerprint density at radius 3 is 2.48 bits per heavy atom. The van der Waals surface area contributed by atoms with Crippen molar-refractivity contribution in [1.29, 1.82) is 0 Å². The van der Waals surface area contributed by atoms with E-state index in [0.717, 1.165) is 23.4 Å². The highest BCUT2D eigenvalue weighted by atomic mass is 19.4. The second-order valence-electron chi connectivity index (χ2n) is 6.29. The molecule has 1 aliphatic rings. The van der Waals surface area contributed by atoms with Gasteiger partial charge in [-0.3, -0.25) is 0 Å². The van der Waals surface area contributed by atoms with Gasteiger partial charge in [0.05, 0.1) is 12.2 Å². The molecule has 0 radical (unpaired) electrons. The molecule has 3 aromatic rings. The molecule has 7 heteroatoms. The van der Waals surface area contributed by atoms with E-state index < -0.39 is 11.7 Å². The van der Waals surface area contributed by atoms with Crippen LogP contribution >= 0.6 is 0 Å². The van der Waals surface area contributed by atoms with Crippen molar-refractivity contribution in [3.05, 3.63) is 83.9 Å². The summed E-state index contributed by atoms with van der Waals surface area (Å²) in [6, 6.07) is 13.1. The number of hydrogen-bond donors (Lipinski definition) is 0. The summed E-state index contributed by atoms with van der Waals surface area (Å²) in [5.74, 6) is -0.314. The second-order valence-corrected chi connectivity index (χ2v) is 6.29. The van der Waals surface area contributed by atoms with Crippen molar-refractivity contribution in [2.45, 2.75) is 12.4 Å².